The van der Waals surface area contributed by atoms with E-state index in [4.69, 9.17) is 40.5 Å². The summed E-state index contributed by atoms with van der Waals surface area (Å²) >= 11 is 16.6. The zero-order valence-electron chi connectivity index (χ0n) is 19.1. The highest BCUT2D eigenvalue weighted by molar-refractivity contribution is 6.28. The predicted molar refractivity (Wildman–Crippen MR) is 133 cm³/mol. The second kappa shape index (κ2) is 15.4. The summed E-state index contributed by atoms with van der Waals surface area (Å²) in [5, 5.41) is 10.0. The molecule has 0 atom stereocenters. The number of anilines is 2. The summed E-state index contributed by atoms with van der Waals surface area (Å²) in [6, 6.07) is 3.53. The van der Waals surface area contributed by atoms with E-state index in [9.17, 15) is 0 Å². The fourth-order valence-corrected chi connectivity index (χ4v) is 2.06. The number of nitrogens with two attached hydrogens (primary N) is 1. The Labute approximate surface area is 201 Å². The first-order valence-electron chi connectivity index (χ1n) is 9.85. The Morgan fingerprint density at radius 2 is 1.23 bits per heavy atom. The van der Waals surface area contributed by atoms with Gasteiger partial charge in [-0.25, -0.2) is 19.9 Å². The van der Waals surface area contributed by atoms with Gasteiger partial charge in [-0.15, -0.1) is 11.6 Å². The second-order valence-corrected chi connectivity index (χ2v) is 9.56. The highest BCUT2D eigenvalue weighted by atomic mass is 35.5. The Kier molecular flexibility index (Phi) is 14.6. The van der Waals surface area contributed by atoms with Crippen LogP contribution in [0.3, 0.4) is 0 Å². The van der Waals surface area contributed by atoms with Gasteiger partial charge in [0.15, 0.2) is 0 Å². The molecule has 0 radical (unpaired) electrons. The van der Waals surface area contributed by atoms with Crippen molar-refractivity contribution in [1.29, 1.82) is 0 Å². The molecule has 176 valence electrons. The van der Waals surface area contributed by atoms with Crippen molar-refractivity contribution in [3.05, 3.63) is 35.1 Å². The summed E-state index contributed by atoms with van der Waals surface area (Å²) in [6.45, 7) is 14.7. The molecule has 0 fully saturated rings. The molecule has 0 bridgehead atoms. The number of hydrogen-bond acceptors (Lipinski definition) is 8. The average Bonchev–Trinajstić information content (AvgIpc) is 2.62. The van der Waals surface area contributed by atoms with Crippen molar-refractivity contribution in [2.45, 2.75) is 52.6 Å². The van der Waals surface area contributed by atoms with E-state index >= 15 is 0 Å². The summed E-state index contributed by atoms with van der Waals surface area (Å²) in [7, 11) is 0. The van der Waals surface area contributed by atoms with Crippen molar-refractivity contribution in [3.63, 3.8) is 0 Å². The van der Waals surface area contributed by atoms with Gasteiger partial charge in [-0.2, -0.15) is 0 Å². The molecule has 31 heavy (non-hydrogen) atoms. The minimum atomic E-state index is 0. The molecule has 5 N–H and O–H groups in total. The molecular weight excluding hydrogens is 459 g/mol. The molecule has 0 saturated heterocycles. The number of alkyl halides is 1. The smallest absolute Gasteiger partial charge is 0.224 e. The van der Waals surface area contributed by atoms with Crippen molar-refractivity contribution in [2.24, 2.45) is 5.73 Å². The van der Waals surface area contributed by atoms with Gasteiger partial charge in [-0.3, -0.25) is 0 Å². The number of nitrogens with one attached hydrogen (secondary N) is 3. The molecule has 0 unspecified atom stereocenters. The lowest BCUT2D eigenvalue weighted by atomic mass is 10.1. The van der Waals surface area contributed by atoms with Gasteiger partial charge in [0.1, 0.15) is 11.6 Å². The van der Waals surface area contributed by atoms with Crippen molar-refractivity contribution in [2.75, 3.05) is 36.1 Å². The number of halogens is 3. The van der Waals surface area contributed by atoms with Gasteiger partial charge in [-0.05, 0) is 76.9 Å². The van der Waals surface area contributed by atoms with Crippen LogP contribution < -0.4 is 21.7 Å². The Bertz CT molecular complexity index is 727. The van der Waals surface area contributed by atoms with Gasteiger partial charge in [0, 0.05) is 49.0 Å². The first kappa shape index (κ1) is 29.5. The third kappa shape index (κ3) is 21.6. The maximum absolute atomic E-state index is 5.65. The van der Waals surface area contributed by atoms with E-state index in [1.807, 2.05) is 20.8 Å². The number of aromatic nitrogens is 4. The predicted octanol–water partition coefficient (Wildman–Crippen LogP) is 4.45. The van der Waals surface area contributed by atoms with Crippen LogP contribution in [0.5, 0.6) is 0 Å². The molecule has 0 saturated carbocycles. The second-order valence-electron chi connectivity index (χ2n) is 8.51. The van der Waals surface area contributed by atoms with Gasteiger partial charge in [-0.1, -0.05) is 0 Å². The fraction of sp³-hybridized carbons (Fsp3) is 0.600. The first-order chi connectivity index (χ1) is 14.3. The number of rotatable bonds is 7. The SMILES string of the molecule is CC(C)(C)N.CC(C)(C)NCCNc1ccnc(Cl)n1.ClCCNc1ccnc(Cl)n1. The molecule has 2 rings (SSSR count). The Hall–Kier alpha value is -1.45. The van der Waals surface area contributed by atoms with Gasteiger partial charge >= 0.3 is 0 Å². The first-order valence-corrected chi connectivity index (χ1v) is 11.1. The molecule has 0 spiro atoms. The summed E-state index contributed by atoms with van der Waals surface area (Å²) in [5.74, 6) is 2.00. The van der Waals surface area contributed by atoms with E-state index in [2.05, 4.69) is 56.7 Å². The van der Waals surface area contributed by atoms with E-state index in [1.165, 1.54) is 0 Å². The van der Waals surface area contributed by atoms with Crippen molar-refractivity contribution in [3.8, 4) is 0 Å². The lowest BCUT2D eigenvalue weighted by Crippen LogP contribution is -2.38. The van der Waals surface area contributed by atoms with Crippen LogP contribution in [0.15, 0.2) is 24.5 Å². The molecule has 2 heterocycles. The van der Waals surface area contributed by atoms with Gasteiger partial charge in [0.25, 0.3) is 0 Å². The summed E-state index contributed by atoms with van der Waals surface area (Å²) < 4.78 is 0. The van der Waals surface area contributed by atoms with E-state index < -0.39 is 0 Å². The Balaban J connectivity index is 0.000000492. The van der Waals surface area contributed by atoms with Crippen molar-refractivity contribution < 1.29 is 0 Å². The van der Waals surface area contributed by atoms with Crippen LogP contribution >= 0.6 is 34.8 Å². The summed E-state index contributed by atoms with van der Waals surface area (Å²) in [5.41, 5.74) is 5.50. The van der Waals surface area contributed by atoms with Crippen molar-refractivity contribution >= 4 is 46.4 Å². The molecule has 11 heteroatoms. The lowest BCUT2D eigenvalue weighted by molar-refractivity contribution is 0.435. The van der Waals surface area contributed by atoms with Gasteiger partial charge in [0.2, 0.25) is 10.6 Å². The molecule has 8 nitrogen and oxygen atoms in total. The number of nitrogens with zero attached hydrogens (tertiary/aromatic N) is 4. The fourth-order valence-electron chi connectivity index (χ4n) is 1.67. The van der Waals surface area contributed by atoms with Crippen LogP contribution in [0.4, 0.5) is 11.6 Å². The Morgan fingerprint density at radius 1 is 0.806 bits per heavy atom. The van der Waals surface area contributed by atoms with Crippen LogP contribution in [-0.4, -0.2) is 56.5 Å². The van der Waals surface area contributed by atoms with Crippen LogP contribution in [0.25, 0.3) is 0 Å². The maximum Gasteiger partial charge on any atom is 0.224 e. The van der Waals surface area contributed by atoms with Gasteiger partial charge < -0.3 is 21.7 Å². The molecule has 0 aliphatic heterocycles. The largest absolute Gasteiger partial charge is 0.369 e. The lowest BCUT2D eigenvalue weighted by Gasteiger charge is -2.20. The quantitative estimate of drug-likeness (QED) is 0.254. The van der Waals surface area contributed by atoms with Crippen LogP contribution in [0, 0.1) is 0 Å². The van der Waals surface area contributed by atoms with Crippen LogP contribution in [-0.2, 0) is 0 Å². The monoisotopic (exact) mass is 492 g/mol. The minimum absolute atomic E-state index is 0. The molecule has 0 aromatic carbocycles. The molecule has 0 aliphatic rings. The molecule has 0 amide bonds. The molecule has 2 aromatic rings. The third-order valence-corrected chi connectivity index (χ3v) is 3.29. The normalized spacial score (nSPS) is 10.9. The molecule has 2 aromatic heterocycles. The highest BCUT2D eigenvalue weighted by Crippen LogP contribution is 2.06. The van der Waals surface area contributed by atoms with Crippen LogP contribution in [0.1, 0.15) is 41.5 Å². The van der Waals surface area contributed by atoms with E-state index in [-0.39, 0.29) is 21.6 Å². The zero-order valence-corrected chi connectivity index (χ0v) is 21.4. The molecule has 0 aliphatic carbocycles. The van der Waals surface area contributed by atoms with E-state index in [1.54, 1.807) is 24.5 Å². The van der Waals surface area contributed by atoms with Crippen molar-refractivity contribution in [1.82, 2.24) is 25.3 Å². The highest BCUT2D eigenvalue weighted by Gasteiger charge is 2.07. The number of hydrogen-bond donors (Lipinski definition) is 4. The zero-order chi connectivity index (χ0) is 23.9. The summed E-state index contributed by atoms with van der Waals surface area (Å²) in [4.78, 5) is 15.5. The van der Waals surface area contributed by atoms with Crippen LogP contribution in [0.2, 0.25) is 10.6 Å². The Morgan fingerprint density at radius 3 is 1.58 bits per heavy atom. The van der Waals surface area contributed by atoms with E-state index in [0.717, 1.165) is 18.9 Å². The summed E-state index contributed by atoms with van der Waals surface area (Å²) in [6.07, 6.45) is 3.22. The topological polar surface area (TPSA) is 114 Å². The minimum Gasteiger partial charge on any atom is -0.369 e. The van der Waals surface area contributed by atoms with Gasteiger partial charge in [0.05, 0.1) is 0 Å². The maximum atomic E-state index is 5.65. The standard InChI is InChI=1S/C10H17ClN4.C6H7Cl2N3.C4H11N/c1-10(2,3)14-7-6-12-8-4-5-13-9(11)15-8;7-2-4-9-5-1-3-10-6(8)11-5;1-4(2,3)5/h4-5,14H,6-7H2,1-3H3,(H,12,13,15);1,3H,2,4H2,(H,9,10,11);5H2,1-3H3. The van der Waals surface area contributed by atoms with E-state index in [0.29, 0.717) is 18.2 Å². The third-order valence-electron chi connectivity index (χ3n) is 2.74. The average molecular weight is 494 g/mol. The molecular formula is C20H35Cl3N8.